The summed E-state index contributed by atoms with van der Waals surface area (Å²) in [4.78, 5) is 12.3. The lowest BCUT2D eigenvalue weighted by atomic mass is 10.3. The van der Waals surface area contributed by atoms with Crippen LogP contribution in [0.3, 0.4) is 0 Å². The van der Waals surface area contributed by atoms with E-state index in [2.05, 4.69) is 21.2 Å². The maximum atomic E-state index is 11.2. The third kappa shape index (κ3) is 3.89. The number of hydrogen-bond donors (Lipinski definition) is 2. The van der Waals surface area contributed by atoms with Gasteiger partial charge in [-0.05, 0) is 22.0 Å². The molecule has 1 rings (SSSR count). The largest absolute Gasteiger partial charge is 0.355 e. The Balaban J connectivity index is 2.36. The molecule has 0 atom stereocenters. The Kier molecular flexibility index (Phi) is 4.41. The van der Waals surface area contributed by atoms with Crippen LogP contribution in [0.2, 0.25) is 0 Å². The molecule has 0 unspecified atom stereocenters. The summed E-state index contributed by atoms with van der Waals surface area (Å²) >= 11 is 4.91. The number of hydrogen-bond acceptors (Lipinski definition) is 3. The molecule has 0 saturated heterocycles. The highest BCUT2D eigenvalue weighted by molar-refractivity contribution is 9.10. The van der Waals surface area contributed by atoms with Crippen molar-refractivity contribution in [2.24, 2.45) is 5.73 Å². The highest BCUT2D eigenvalue weighted by Crippen LogP contribution is 2.19. The Morgan fingerprint density at radius 3 is 3.00 bits per heavy atom. The van der Waals surface area contributed by atoms with Crippen molar-refractivity contribution in [2.45, 2.75) is 6.42 Å². The molecule has 1 aromatic rings. The lowest BCUT2D eigenvalue weighted by molar-refractivity contribution is -0.120. The molecule has 0 aliphatic carbocycles. The summed E-state index contributed by atoms with van der Waals surface area (Å²) in [6.45, 7) is 1.03. The van der Waals surface area contributed by atoms with E-state index in [1.807, 2.05) is 11.4 Å². The van der Waals surface area contributed by atoms with Crippen LogP contribution in [0.25, 0.3) is 0 Å². The number of halogens is 1. The minimum atomic E-state index is 0.0276. The topological polar surface area (TPSA) is 55.1 Å². The summed E-state index contributed by atoms with van der Waals surface area (Å²) in [5.41, 5.74) is 5.25. The summed E-state index contributed by atoms with van der Waals surface area (Å²) in [5, 5.41) is 4.68. The van der Waals surface area contributed by atoms with Crippen molar-refractivity contribution in [3.8, 4) is 0 Å². The molecule has 72 valence electrons. The van der Waals surface area contributed by atoms with Crippen LogP contribution in [0.4, 0.5) is 0 Å². The fraction of sp³-hybridized carbons (Fsp3) is 0.375. The number of thiophene rings is 1. The van der Waals surface area contributed by atoms with Crippen molar-refractivity contribution < 1.29 is 4.79 Å². The van der Waals surface area contributed by atoms with Gasteiger partial charge in [-0.25, -0.2) is 0 Å². The average Bonchev–Trinajstić information content (AvgIpc) is 2.48. The first-order chi connectivity index (χ1) is 6.22. The molecule has 0 radical (unpaired) electrons. The van der Waals surface area contributed by atoms with E-state index >= 15 is 0 Å². The van der Waals surface area contributed by atoms with E-state index in [-0.39, 0.29) is 5.91 Å². The van der Waals surface area contributed by atoms with Crippen LogP contribution in [0.1, 0.15) is 4.88 Å². The molecule has 0 aliphatic rings. The van der Waals surface area contributed by atoms with Crippen molar-refractivity contribution in [3.63, 3.8) is 0 Å². The van der Waals surface area contributed by atoms with Gasteiger partial charge in [-0.1, -0.05) is 0 Å². The zero-order valence-corrected chi connectivity index (χ0v) is 9.45. The van der Waals surface area contributed by atoms with Crippen LogP contribution >= 0.6 is 27.3 Å². The normalized spacial score (nSPS) is 10.0. The fourth-order valence-electron chi connectivity index (χ4n) is 0.879. The SMILES string of the molecule is NCCNC(=O)Cc1cc(Br)cs1. The number of carbonyl (C=O) groups is 1. The maximum Gasteiger partial charge on any atom is 0.225 e. The fourth-order valence-corrected chi connectivity index (χ4v) is 2.33. The van der Waals surface area contributed by atoms with Gasteiger partial charge in [-0.2, -0.15) is 0 Å². The number of carbonyl (C=O) groups excluding carboxylic acids is 1. The van der Waals surface area contributed by atoms with Crippen molar-refractivity contribution in [1.29, 1.82) is 0 Å². The van der Waals surface area contributed by atoms with E-state index in [0.29, 0.717) is 19.5 Å². The van der Waals surface area contributed by atoms with Gasteiger partial charge >= 0.3 is 0 Å². The first-order valence-corrected chi connectivity index (χ1v) is 5.59. The van der Waals surface area contributed by atoms with Gasteiger partial charge in [0.05, 0.1) is 6.42 Å². The van der Waals surface area contributed by atoms with E-state index in [0.717, 1.165) is 9.35 Å². The number of amides is 1. The van der Waals surface area contributed by atoms with E-state index < -0.39 is 0 Å². The molecule has 3 N–H and O–H groups in total. The Morgan fingerprint density at radius 1 is 1.69 bits per heavy atom. The number of rotatable bonds is 4. The highest BCUT2D eigenvalue weighted by atomic mass is 79.9. The monoisotopic (exact) mass is 262 g/mol. The minimum Gasteiger partial charge on any atom is -0.355 e. The third-order valence-corrected chi connectivity index (χ3v) is 3.12. The standard InChI is InChI=1S/C8H11BrN2OS/c9-6-3-7(13-5-6)4-8(12)11-2-1-10/h3,5H,1-2,4,10H2,(H,11,12). The van der Waals surface area contributed by atoms with Gasteiger partial charge in [0.2, 0.25) is 5.91 Å². The zero-order valence-electron chi connectivity index (χ0n) is 7.05. The summed E-state index contributed by atoms with van der Waals surface area (Å²) in [6, 6.07) is 1.95. The molecule has 0 aliphatic heterocycles. The van der Waals surface area contributed by atoms with Crippen LogP contribution in [-0.4, -0.2) is 19.0 Å². The van der Waals surface area contributed by atoms with Gasteiger partial charge in [0.1, 0.15) is 0 Å². The second-order valence-electron chi connectivity index (χ2n) is 2.55. The van der Waals surface area contributed by atoms with Crippen molar-refractivity contribution in [3.05, 3.63) is 20.8 Å². The van der Waals surface area contributed by atoms with Crippen LogP contribution in [0, 0.1) is 0 Å². The molecular formula is C8H11BrN2OS. The average molecular weight is 263 g/mol. The molecule has 3 nitrogen and oxygen atoms in total. The first-order valence-electron chi connectivity index (χ1n) is 3.92. The van der Waals surface area contributed by atoms with Gasteiger partial charge in [-0.3, -0.25) is 4.79 Å². The summed E-state index contributed by atoms with van der Waals surface area (Å²) < 4.78 is 1.03. The van der Waals surface area contributed by atoms with Crippen LogP contribution in [-0.2, 0) is 11.2 Å². The van der Waals surface area contributed by atoms with Crippen molar-refractivity contribution in [2.75, 3.05) is 13.1 Å². The van der Waals surface area contributed by atoms with Gasteiger partial charge in [0.15, 0.2) is 0 Å². The zero-order chi connectivity index (χ0) is 9.68. The number of nitrogens with two attached hydrogens (primary N) is 1. The Morgan fingerprint density at radius 2 is 2.46 bits per heavy atom. The Hall–Kier alpha value is -0.390. The molecule has 1 amide bonds. The first kappa shape index (κ1) is 10.7. The van der Waals surface area contributed by atoms with E-state index in [1.165, 1.54) is 0 Å². The minimum absolute atomic E-state index is 0.0276. The summed E-state index contributed by atoms with van der Waals surface area (Å²) in [7, 11) is 0. The Bertz CT molecular complexity index is 287. The predicted octanol–water partition coefficient (Wildman–Crippen LogP) is 1.13. The van der Waals surface area contributed by atoms with Crippen LogP contribution in [0.15, 0.2) is 15.9 Å². The number of nitrogens with one attached hydrogen (secondary N) is 1. The lowest BCUT2D eigenvalue weighted by Crippen LogP contribution is -2.29. The summed E-state index contributed by atoms with van der Waals surface area (Å²) in [5.74, 6) is 0.0276. The summed E-state index contributed by atoms with van der Waals surface area (Å²) in [6.07, 6.45) is 0.441. The smallest absolute Gasteiger partial charge is 0.225 e. The molecule has 1 heterocycles. The quantitative estimate of drug-likeness (QED) is 0.855. The molecule has 0 fully saturated rings. The molecule has 0 saturated carbocycles. The lowest BCUT2D eigenvalue weighted by Gasteiger charge is -2.00. The van der Waals surface area contributed by atoms with E-state index in [9.17, 15) is 4.79 Å². The molecule has 0 spiro atoms. The van der Waals surface area contributed by atoms with Gasteiger partial charge in [-0.15, -0.1) is 11.3 Å². The van der Waals surface area contributed by atoms with E-state index in [4.69, 9.17) is 5.73 Å². The van der Waals surface area contributed by atoms with Gasteiger partial charge < -0.3 is 11.1 Å². The van der Waals surface area contributed by atoms with Gasteiger partial charge in [0, 0.05) is 27.8 Å². The highest BCUT2D eigenvalue weighted by Gasteiger charge is 2.04. The molecule has 1 aromatic heterocycles. The van der Waals surface area contributed by atoms with E-state index in [1.54, 1.807) is 11.3 Å². The molecule has 0 aromatic carbocycles. The van der Waals surface area contributed by atoms with Crippen molar-refractivity contribution >= 4 is 33.2 Å². The van der Waals surface area contributed by atoms with Crippen LogP contribution < -0.4 is 11.1 Å². The molecule has 0 bridgehead atoms. The third-order valence-electron chi connectivity index (χ3n) is 1.42. The second kappa shape index (κ2) is 5.36. The second-order valence-corrected chi connectivity index (χ2v) is 4.46. The maximum absolute atomic E-state index is 11.2. The molecule has 5 heteroatoms. The van der Waals surface area contributed by atoms with Crippen molar-refractivity contribution in [1.82, 2.24) is 5.32 Å². The van der Waals surface area contributed by atoms with Gasteiger partial charge in [0.25, 0.3) is 0 Å². The van der Waals surface area contributed by atoms with Crippen LogP contribution in [0.5, 0.6) is 0 Å². The molecule has 13 heavy (non-hydrogen) atoms. The predicted molar refractivity (Wildman–Crippen MR) is 57.8 cm³/mol. The Labute approximate surface area is 89.5 Å². The molecular weight excluding hydrogens is 252 g/mol.